The average molecular weight is 394 g/mol. The van der Waals surface area contributed by atoms with Crippen LogP contribution in [0.15, 0.2) is 59.8 Å². The Balaban J connectivity index is 1.43. The Morgan fingerprint density at radius 1 is 1.14 bits per heavy atom. The van der Waals surface area contributed by atoms with E-state index in [0.29, 0.717) is 5.92 Å². The Labute approximate surface area is 174 Å². The normalized spacial score (nSPS) is 16.0. The maximum atomic E-state index is 12.6. The zero-order valence-electron chi connectivity index (χ0n) is 17.6. The summed E-state index contributed by atoms with van der Waals surface area (Å²) in [4.78, 5) is 22.0. The number of benzene rings is 2. The quantitative estimate of drug-likeness (QED) is 0.528. The van der Waals surface area contributed by atoms with Gasteiger partial charge < -0.3 is 14.6 Å². The van der Waals surface area contributed by atoms with Crippen molar-refractivity contribution < 1.29 is 9.63 Å². The van der Waals surface area contributed by atoms with Crippen LogP contribution in [-0.2, 0) is 16.1 Å². The van der Waals surface area contributed by atoms with Crippen molar-refractivity contribution in [2.45, 2.75) is 32.3 Å². The van der Waals surface area contributed by atoms with Crippen molar-refractivity contribution in [1.29, 1.82) is 0 Å². The van der Waals surface area contributed by atoms with Crippen LogP contribution < -0.4 is 4.90 Å². The number of hydrogen-bond donors (Lipinski definition) is 0. The van der Waals surface area contributed by atoms with Crippen molar-refractivity contribution in [3.05, 3.63) is 65.7 Å². The molecule has 0 spiro atoms. The summed E-state index contributed by atoms with van der Waals surface area (Å²) in [6.45, 7) is 3.35. The fraction of sp³-hybridized carbons (Fsp3) is 0.417. The standard InChI is InChI=1S/C24H31N3O2/c1-19(29-25-18-22-9-11-23(12-10-22)26(2)3)24(28)27-15-13-21(14-16-27)17-20-7-5-4-6-8-20/h4-12,18-19,21H,13-17H2,1-3H3/b25-18+. The van der Waals surface area contributed by atoms with E-state index in [0.717, 1.165) is 43.6 Å². The van der Waals surface area contributed by atoms with E-state index in [2.05, 4.69) is 29.4 Å². The van der Waals surface area contributed by atoms with Gasteiger partial charge in [0.05, 0.1) is 6.21 Å². The molecule has 5 heteroatoms. The molecule has 1 fully saturated rings. The summed E-state index contributed by atoms with van der Waals surface area (Å²) in [5.74, 6) is 0.657. The molecule has 1 atom stereocenters. The van der Waals surface area contributed by atoms with Gasteiger partial charge in [-0.3, -0.25) is 4.79 Å². The van der Waals surface area contributed by atoms with Gasteiger partial charge in [-0.15, -0.1) is 0 Å². The van der Waals surface area contributed by atoms with Crippen LogP contribution in [0.25, 0.3) is 0 Å². The van der Waals surface area contributed by atoms with Crippen molar-refractivity contribution >= 4 is 17.8 Å². The molecule has 1 heterocycles. The molecule has 1 aliphatic heterocycles. The molecule has 0 bridgehead atoms. The minimum atomic E-state index is -0.571. The molecule has 29 heavy (non-hydrogen) atoms. The zero-order chi connectivity index (χ0) is 20.6. The Bertz CT molecular complexity index is 795. The summed E-state index contributed by atoms with van der Waals surface area (Å²) in [5, 5.41) is 4.02. The fourth-order valence-electron chi connectivity index (χ4n) is 3.65. The minimum absolute atomic E-state index is 0.0169. The third-order valence-electron chi connectivity index (χ3n) is 5.47. The van der Waals surface area contributed by atoms with Crippen LogP contribution in [0.5, 0.6) is 0 Å². The van der Waals surface area contributed by atoms with Crippen molar-refractivity contribution in [3.8, 4) is 0 Å². The second-order valence-corrected chi connectivity index (χ2v) is 7.93. The Kier molecular flexibility index (Phi) is 7.28. The van der Waals surface area contributed by atoms with Crippen LogP contribution >= 0.6 is 0 Å². The lowest BCUT2D eigenvalue weighted by molar-refractivity contribution is -0.144. The molecule has 5 nitrogen and oxygen atoms in total. The highest BCUT2D eigenvalue weighted by molar-refractivity contribution is 5.82. The number of amides is 1. The SMILES string of the molecule is CC(O/N=C/c1ccc(N(C)C)cc1)C(=O)N1CCC(Cc2ccccc2)CC1. The van der Waals surface area contributed by atoms with Crippen LogP contribution in [0.2, 0.25) is 0 Å². The molecular weight excluding hydrogens is 362 g/mol. The van der Waals surface area contributed by atoms with Gasteiger partial charge in [-0.2, -0.15) is 0 Å². The monoisotopic (exact) mass is 393 g/mol. The second kappa shape index (κ2) is 10.1. The first-order valence-electron chi connectivity index (χ1n) is 10.3. The maximum Gasteiger partial charge on any atom is 0.266 e. The first kappa shape index (κ1) is 20.9. The topological polar surface area (TPSA) is 45.1 Å². The highest BCUT2D eigenvalue weighted by Crippen LogP contribution is 2.22. The fourth-order valence-corrected chi connectivity index (χ4v) is 3.65. The number of rotatable bonds is 7. The minimum Gasteiger partial charge on any atom is -0.383 e. The Morgan fingerprint density at radius 2 is 1.79 bits per heavy atom. The Hall–Kier alpha value is -2.82. The lowest BCUT2D eigenvalue weighted by Gasteiger charge is -2.33. The average Bonchev–Trinajstić information content (AvgIpc) is 2.75. The smallest absolute Gasteiger partial charge is 0.266 e. The van der Waals surface area contributed by atoms with Gasteiger partial charge in [0.1, 0.15) is 0 Å². The van der Waals surface area contributed by atoms with E-state index >= 15 is 0 Å². The van der Waals surface area contributed by atoms with E-state index < -0.39 is 6.10 Å². The molecule has 0 aromatic heterocycles. The molecule has 154 valence electrons. The van der Waals surface area contributed by atoms with Gasteiger partial charge in [-0.1, -0.05) is 47.6 Å². The van der Waals surface area contributed by atoms with E-state index in [9.17, 15) is 4.79 Å². The molecule has 1 aliphatic rings. The van der Waals surface area contributed by atoms with Gasteiger partial charge in [0.25, 0.3) is 5.91 Å². The molecule has 0 radical (unpaired) electrons. The van der Waals surface area contributed by atoms with E-state index in [-0.39, 0.29) is 5.91 Å². The van der Waals surface area contributed by atoms with Crippen molar-refractivity contribution in [2.24, 2.45) is 11.1 Å². The van der Waals surface area contributed by atoms with E-state index in [1.54, 1.807) is 13.1 Å². The summed E-state index contributed by atoms with van der Waals surface area (Å²) in [5.41, 5.74) is 3.45. The summed E-state index contributed by atoms with van der Waals surface area (Å²) in [6.07, 6.45) is 4.24. The molecule has 2 aromatic rings. The summed E-state index contributed by atoms with van der Waals surface area (Å²) in [7, 11) is 4.01. The van der Waals surface area contributed by atoms with E-state index in [4.69, 9.17) is 4.84 Å². The van der Waals surface area contributed by atoms with Crippen LogP contribution in [-0.4, -0.2) is 50.3 Å². The molecule has 1 saturated heterocycles. The molecule has 1 unspecified atom stereocenters. The molecule has 0 aliphatic carbocycles. The molecule has 0 saturated carbocycles. The lowest BCUT2D eigenvalue weighted by Crippen LogP contribution is -2.43. The third-order valence-corrected chi connectivity index (χ3v) is 5.47. The summed E-state index contributed by atoms with van der Waals surface area (Å²) in [6, 6.07) is 18.6. The second-order valence-electron chi connectivity index (χ2n) is 7.93. The summed E-state index contributed by atoms with van der Waals surface area (Å²) < 4.78 is 0. The van der Waals surface area contributed by atoms with Gasteiger partial charge in [0.15, 0.2) is 0 Å². The number of hydrogen-bond acceptors (Lipinski definition) is 4. The number of carbonyl (C=O) groups is 1. The van der Waals surface area contributed by atoms with Crippen molar-refractivity contribution in [3.63, 3.8) is 0 Å². The molecular formula is C24H31N3O2. The van der Waals surface area contributed by atoms with E-state index in [1.807, 2.05) is 54.2 Å². The highest BCUT2D eigenvalue weighted by Gasteiger charge is 2.27. The van der Waals surface area contributed by atoms with Crippen LogP contribution in [0.3, 0.4) is 0 Å². The number of nitrogens with zero attached hydrogens (tertiary/aromatic N) is 3. The third kappa shape index (κ3) is 6.08. The number of piperidine rings is 1. The summed E-state index contributed by atoms with van der Waals surface area (Å²) >= 11 is 0. The predicted octanol–water partition coefficient (Wildman–Crippen LogP) is 3.97. The van der Waals surface area contributed by atoms with Gasteiger partial charge in [-0.05, 0) is 55.4 Å². The largest absolute Gasteiger partial charge is 0.383 e. The molecule has 3 rings (SSSR count). The van der Waals surface area contributed by atoms with Gasteiger partial charge in [-0.25, -0.2) is 0 Å². The van der Waals surface area contributed by atoms with Crippen molar-refractivity contribution in [1.82, 2.24) is 4.90 Å². The first-order valence-corrected chi connectivity index (χ1v) is 10.3. The van der Waals surface area contributed by atoms with Crippen molar-refractivity contribution in [2.75, 3.05) is 32.1 Å². The van der Waals surface area contributed by atoms with E-state index in [1.165, 1.54) is 5.56 Å². The van der Waals surface area contributed by atoms with Crippen LogP contribution in [0, 0.1) is 5.92 Å². The Morgan fingerprint density at radius 3 is 2.41 bits per heavy atom. The number of carbonyl (C=O) groups excluding carboxylic acids is 1. The maximum absolute atomic E-state index is 12.6. The number of likely N-dealkylation sites (tertiary alicyclic amines) is 1. The molecule has 1 amide bonds. The lowest BCUT2D eigenvalue weighted by atomic mass is 9.90. The van der Waals surface area contributed by atoms with Gasteiger partial charge >= 0.3 is 0 Å². The predicted molar refractivity (Wildman–Crippen MR) is 118 cm³/mol. The van der Waals surface area contributed by atoms with Crippen LogP contribution in [0.1, 0.15) is 30.9 Å². The van der Waals surface area contributed by atoms with Gasteiger partial charge in [0, 0.05) is 32.9 Å². The van der Waals surface area contributed by atoms with Gasteiger partial charge in [0.2, 0.25) is 6.10 Å². The molecule has 0 N–H and O–H groups in total. The van der Waals surface area contributed by atoms with Crippen LogP contribution in [0.4, 0.5) is 5.69 Å². The number of anilines is 1. The first-order chi connectivity index (χ1) is 14.0. The number of oxime groups is 1. The zero-order valence-corrected chi connectivity index (χ0v) is 17.6. The highest BCUT2D eigenvalue weighted by atomic mass is 16.6. The molecule has 2 aromatic carbocycles.